The van der Waals surface area contributed by atoms with Crippen molar-refractivity contribution < 1.29 is 14.3 Å². The largest absolute Gasteiger partial charge is 0.494 e. The lowest BCUT2D eigenvalue weighted by molar-refractivity contribution is -0.116. The fourth-order valence-electron chi connectivity index (χ4n) is 4.17. The van der Waals surface area contributed by atoms with Gasteiger partial charge >= 0.3 is 0 Å². The molecular weight excluding hydrogens is 390 g/mol. The monoisotopic (exact) mass is 417 g/mol. The average molecular weight is 418 g/mol. The molecule has 31 heavy (non-hydrogen) atoms. The maximum absolute atomic E-state index is 13.4. The van der Waals surface area contributed by atoms with Crippen molar-refractivity contribution in [2.75, 3.05) is 11.9 Å². The summed E-state index contributed by atoms with van der Waals surface area (Å²) < 4.78 is 7.35. The van der Waals surface area contributed by atoms with Gasteiger partial charge in [-0.25, -0.2) is 4.68 Å². The molecule has 1 amide bonds. The van der Waals surface area contributed by atoms with Crippen molar-refractivity contribution >= 4 is 17.5 Å². The molecule has 6 heteroatoms. The van der Waals surface area contributed by atoms with Crippen LogP contribution >= 0.6 is 0 Å². The van der Waals surface area contributed by atoms with Crippen LogP contribution in [-0.4, -0.2) is 28.1 Å². The highest BCUT2D eigenvalue weighted by Gasteiger charge is 2.36. The summed E-state index contributed by atoms with van der Waals surface area (Å²) in [7, 11) is 0. The van der Waals surface area contributed by atoms with Gasteiger partial charge in [-0.1, -0.05) is 13.0 Å². The lowest BCUT2D eigenvalue weighted by atomic mass is 9.85. The van der Waals surface area contributed by atoms with Gasteiger partial charge in [0.05, 0.1) is 23.9 Å². The first-order chi connectivity index (χ1) is 14.9. The molecule has 2 aromatic carbocycles. The molecule has 1 unspecified atom stereocenters. The van der Waals surface area contributed by atoms with Crippen LogP contribution in [0.2, 0.25) is 0 Å². The minimum atomic E-state index is -0.564. The predicted molar refractivity (Wildman–Crippen MR) is 120 cm³/mol. The quantitative estimate of drug-likeness (QED) is 0.579. The first-order valence-corrected chi connectivity index (χ1v) is 10.6. The van der Waals surface area contributed by atoms with Gasteiger partial charge in [0.2, 0.25) is 5.91 Å². The molecule has 1 atom stereocenters. The Bertz CT molecular complexity index is 1130. The lowest BCUT2D eigenvalue weighted by Gasteiger charge is -2.23. The second-order valence-electron chi connectivity index (χ2n) is 8.15. The molecule has 0 radical (unpaired) electrons. The summed E-state index contributed by atoms with van der Waals surface area (Å²) in [6, 6.07) is 13.3. The van der Waals surface area contributed by atoms with E-state index in [0.29, 0.717) is 18.0 Å². The van der Waals surface area contributed by atoms with E-state index in [1.54, 1.807) is 28.9 Å². The van der Waals surface area contributed by atoms with Gasteiger partial charge in [0.1, 0.15) is 11.6 Å². The number of aromatic nitrogens is 2. The smallest absolute Gasteiger partial charge is 0.226 e. The van der Waals surface area contributed by atoms with E-state index in [1.165, 1.54) is 0 Å². The zero-order valence-electron chi connectivity index (χ0n) is 18.4. The van der Waals surface area contributed by atoms with Crippen LogP contribution in [0.4, 0.5) is 5.82 Å². The van der Waals surface area contributed by atoms with E-state index in [0.717, 1.165) is 40.2 Å². The average Bonchev–Trinajstić information content (AvgIpc) is 3.07. The van der Waals surface area contributed by atoms with Gasteiger partial charge < -0.3 is 10.1 Å². The highest BCUT2D eigenvalue weighted by molar-refractivity contribution is 6.08. The molecular formula is C25H27N3O3. The molecule has 2 heterocycles. The van der Waals surface area contributed by atoms with Crippen LogP contribution in [0.5, 0.6) is 5.75 Å². The van der Waals surface area contributed by atoms with Crippen LogP contribution in [0.3, 0.4) is 0 Å². The van der Waals surface area contributed by atoms with E-state index in [4.69, 9.17) is 4.74 Å². The highest BCUT2D eigenvalue weighted by Crippen LogP contribution is 2.38. The number of carbonyl (C=O) groups is 2. The van der Waals surface area contributed by atoms with Gasteiger partial charge in [0.15, 0.2) is 5.78 Å². The first kappa shape index (κ1) is 20.8. The normalized spacial score (nSPS) is 15.4. The van der Waals surface area contributed by atoms with Crippen molar-refractivity contribution in [2.24, 2.45) is 0 Å². The summed E-state index contributed by atoms with van der Waals surface area (Å²) in [5.41, 5.74) is 5.18. The maximum Gasteiger partial charge on any atom is 0.226 e. The number of nitrogens with one attached hydrogen (secondary N) is 1. The van der Waals surface area contributed by atoms with E-state index in [9.17, 15) is 9.59 Å². The summed E-state index contributed by atoms with van der Waals surface area (Å²) in [5, 5.41) is 7.63. The van der Waals surface area contributed by atoms with Gasteiger partial charge in [-0.15, -0.1) is 0 Å². The Hall–Kier alpha value is -3.41. The summed E-state index contributed by atoms with van der Waals surface area (Å²) in [5.74, 6) is 0.491. The Morgan fingerprint density at radius 1 is 1.13 bits per heavy atom. The number of hydrogen-bond acceptors (Lipinski definition) is 4. The van der Waals surface area contributed by atoms with Gasteiger partial charge in [-0.3, -0.25) is 9.59 Å². The molecule has 0 bridgehead atoms. The molecule has 1 aliphatic heterocycles. The van der Waals surface area contributed by atoms with Gasteiger partial charge in [-0.05, 0) is 74.7 Å². The molecule has 0 saturated heterocycles. The Balaban J connectivity index is 1.72. The van der Waals surface area contributed by atoms with Gasteiger partial charge in [0, 0.05) is 17.5 Å². The number of rotatable bonds is 6. The zero-order chi connectivity index (χ0) is 22.1. The van der Waals surface area contributed by atoms with E-state index in [1.807, 2.05) is 39.8 Å². The minimum absolute atomic E-state index is 0.0822. The van der Waals surface area contributed by atoms with Crippen LogP contribution < -0.4 is 10.1 Å². The fourth-order valence-corrected chi connectivity index (χ4v) is 4.17. The van der Waals surface area contributed by atoms with Crippen LogP contribution in [-0.2, 0) is 4.79 Å². The van der Waals surface area contributed by atoms with Gasteiger partial charge in [-0.2, -0.15) is 5.10 Å². The Morgan fingerprint density at radius 3 is 2.45 bits per heavy atom. The van der Waals surface area contributed by atoms with Crippen molar-refractivity contribution in [3.63, 3.8) is 0 Å². The van der Waals surface area contributed by atoms with E-state index < -0.39 is 5.92 Å². The number of ketones is 1. The molecule has 6 nitrogen and oxygen atoms in total. The predicted octanol–water partition coefficient (Wildman–Crippen LogP) is 4.90. The Morgan fingerprint density at radius 2 is 1.81 bits per heavy atom. The summed E-state index contributed by atoms with van der Waals surface area (Å²) in [6.45, 7) is 8.62. The number of ether oxygens (including phenoxy) is 1. The number of fused-ring (bicyclic) bond motifs is 1. The van der Waals surface area contributed by atoms with Crippen LogP contribution in [0.1, 0.15) is 58.4 Å². The zero-order valence-corrected chi connectivity index (χ0v) is 18.4. The van der Waals surface area contributed by atoms with E-state index in [2.05, 4.69) is 16.5 Å². The number of carbonyl (C=O) groups excluding carboxylic acids is 2. The SMILES string of the molecule is CCCOc1ccc(C(=O)C2CC(=O)Nc3c2c(C)nn3-c2cc(C)cc(C)c2)cc1. The second kappa shape index (κ2) is 8.38. The number of amides is 1. The third-order valence-electron chi connectivity index (χ3n) is 5.48. The Labute approximate surface area is 182 Å². The highest BCUT2D eigenvalue weighted by atomic mass is 16.5. The van der Waals surface area contributed by atoms with Crippen molar-refractivity contribution in [1.29, 1.82) is 0 Å². The lowest BCUT2D eigenvalue weighted by Crippen LogP contribution is -2.28. The summed E-state index contributed by atoms with van der Waals surface area (Å²) >= 11 is 0. The van der Waals surface area contributed by atoms with Crippen LogP contribution in [0, 0.1) is 20.8 Å². The van der Waals surface area contributed by atoms with E-state index >= 15 is 0 Å². The van der Waals surface area contributed by atoms with E-state index in [-0.39, 0.29) is 18.1 Å². The minimum Gasteiger partial charge on any atom is -0.494 e. The van der Waals surface area contributed by atoms with Crippen LogP contribution in [0.15, 0.2) is 42.5 Å². The topological polar surface area (TPSA) is 73.2 Å². The van der Waals surface area contributed by atoms with Crippen LogP contribution in [0.25, 0.3) is 5.69 Å². The number of aryl methyl sites for hydroxylation is 3. The molecule has 1 N–H and O–H groups in total. The number of Topliss-reactive ketones (excluding diaryl/α,β-unsaturated/α-hetero) is 1. The Kier molecular flexibility index (Phi) is 5.63. The molecule has 0 fully saturated rings. The summed E-state index contributed by atoms with van der Waals surface area (Å²) in [6.07, 6.45) is 1.03. The molecule has 4 rings (SSSR count). The maximum atomic E-state index is 13.4. The second-order valence-corrected chi connectivity index (χ2v) is 8.15. The molecule has 0 spiro atoms. The standard InChI is InChI=1S/C25H27N3O3/c1-5-10-31-20-8-6-18(7-9-20)24(30)21-14-22(29)26-25-23(21)17(4)27-28(25)19-12-15(2)11-16(3)13-19/h6-9,11-13,21H,5,10,14H2,1-4H3,(H,26,29). The molecule has 160 valence electrons. The van der Waals surface area contributed by atoms with Crippen molar-refractivity contribution in [3.05, 3.63) is 70.4 Å². The third kappa shape index (κ3) is 4.10. The third-order valence-corrected chi connectivity index (χ3v) is 5.48. The molecule has 0 saturated carbocycles. The number of hydrogen-bond donors (Lipinski definition) is 1. The fraction of sp³-hybridized carbons (Fsp3) is 0.320. The molecule has 3 aromatic rings. The van der Waals surface area contributed by atoms with Crippen molar-refractivity contribution in [2.45, 2.75) is 46.5 Å². The number of nitrogens with zero attached hydrogens (tertiary/aromatic N) is 2. The molecule has 0 aliphatic carbocycles. The van der Waals surface area contributed by atoms with Crippen molar-refractivity contribution in [1.82, 2.24) is 9.78 Å². The first-order valence-electron chi connectivity index (χ1n) is 10.6. The molecule has 1 aliphatic rings. The molecule has 1 aromatic heterocycles. The number of anilines is 1. The summed E-state index contributed by atoms with van der Waals surface area (Å²) in [4.78, 5) is 25.9. The number of benzene rings is 2. The van der Waals surface area contributed by atoms with Gasteiger partial charge in [0.25, 0.3) is 0 Å². The van der Waals surface area contributed by atoms with Crippen molar-refractivity contribution in [3.8, 4) is 11.4 Å².